The molecule has 9 nitrogen and oxygen atoms in total. The van der Waals surface area contributed by atoms with Crippen LogP contribution in [0, 0.1) is 5.82 Å². The summed E-state index contributed by atoms with van der Waals surface area (Å²) in [6, 6.07) is 2.34. The molecule has 14 heteroatoms. The van der Waals surface area contributed by atoms with Crippen molar-refractivity contribution in [3.63, 3.8) is 0 Å². The summed E-state index contributed by atoms with van der Waals surface area (Å²) in [6.07, 6.45) is -3.11. The van der Waals surface area contributed by atoms with E-state index in [-0.39, 0.29) is 17.3 Å². The largest absolute Gasteiger partial charge is 0.480 e. The number of aliphatic imine (C=N–C) groups is 1. The molecule has 1 aromatic carbocycles. The van der Waals surface area contributed by atoms with Crippen molar-refractivity contribution >= 4 is 27.3 Å². The van der Waals surface area contributed by atoms with E-state index in [0.717, 1.165) is 32.3 Å². The van der Waals surface area contributed by atoms with Gasteiger partial charge in [-0.05, 0) is 32.0 Å². The van der Waals surface area contributed by atoms with Crippen molar-refractivity contribution in [3.05, 3.63) is 47.7 Å². The zero-order valence-corrected chi connectivity index (χ0v) is 18.4. The van der Waals surface area contributed by atoms with Gasteiger partial charge in [0, 0.05) is 11.3 Å². The molecule has 0 saturated carbocycles. The first-order valence-corrected chi connectivity index (χ1v) is 10.9. The quantitative estimate of drug-likeness (QED) is 0.628. The Hall–Kier alpha value is -3.29. The third kappa shape index (κ3) is 4.10. The summed E-state index contributed by atoms with van der Waals surface area (Å²) in [5.41, 5.74) is 0.561. The van der Waals surface area contributed by atoms with Gasteiger partial charge in [-0.3, -0.25) is 4.79 Å². The van der Waals surface area contributed by atoms with Gasteiger partial charge < -0.3 is 15.8 Å². The summed E-state index contributed by atoms with van der Waals surface area (Å²) >= 11 is 0. The summed E-state index contributed by atoms with van der Waals surface area (Å²) < 4.78 is 85.7. The number of aromatic nitrogens is 2. The van der Waals surface area contributed by atoms with Gasteiger partial charge >= 0.3 is 6.18 Å². The molecule has 33 heavy (non-hydrogen) atoms. The van der Waals surface area contributed by atoms with Gasteiger partial charge in [0.2, 0.25) is 5.88 Å². The fraction of sp³-hybridized carbons (Fsp3) is 0.368. The molecule has 0 aliphatic carbocycles. The van der Waals surface area contributed by atoms with Gasteiger partial charge in [-0.15, -0.1) is 0 Å². The molecule has 0 radical (unpaired) electrons. The van der Waals surface area contributed by atoms with E-state index in [9.17, 15) is 30.8 Å². The molecule has 1 aliphatic rings. The van der Waals surface area contributed by atoms with Crippen LogP contribution in [0.25, 0.3) is 0 Å². The van der Waals surface area contributed by atoms with E-state index in [2.05, 4.69) is 20.3 Å². The molecule has 1 amide bonds. The van der Waals surface area contributed by atoms with Crippen LogP contribution >= 0.6 is 0 Å². The van der Waals surface area contributed by atoms with Gasteiger partial charge in [-0.25, -0.2) is 27.8 Å². The molecule has 0 spiro atoms. The van der Waals surface area contributed by atoms with Crippen molar-refractivity contribution in [3.8, 4) is 5.88 Å². The SMILES string of the molecule is COc1cnc(C(=O)Nc2ccc(F)c([C@@]3(C(F)(F)F)CS(=O)(=O)C(C)(C)C(N)=N3)c2)cn1. The zero-order valence-electron chi connectivity index (χ0n) is 17.6. The lowest BCUT2D eigenvalue weighted by Gasteiger charge is -2.40. The second kappa shape index (κ2) is 7.93. The van der Waals surface area contributed by atoms with Crippen LogP contribution in [0.3, 0.4) is 0 Å². The minimum Gasteiger partial charge on any atom is -0.480 e. The Bertz CT molecular complexity index is 1230. The minimum atomic E-state index is -5.33. The summed E-state index contributed by atoms with van der Waals surface area (Å²) in [5.74, 6) is -4.48. The van der Waals surface area contributed by atoms with Crippen molar-refractivity contribution in [2.75, 3.05) is 18.2 Å². The molecule has 0 saturated heterocycles. The Morgan fingerprint density at radius 2 is 1.88 bits per heavy atom. The molecule has 2 heterocycles. The molecule has 1 atom stereocenters. The molecule has 3 N–H and O–H groups in total. The first-order valence-electron chi connectivity index (χ1n) is 9.27. The summed E-state index contributed by atoms with van der Waals surface area (Å²) in [6.45, 7) is 2.23. The number of ether oxygens (including phenoxy) is 1. The number of carbonyl (C=O) groups excluding carboxylic acids is 1. The van der Waals surface area contributed by atoms with E-state index in [1.165, 1.54) is 7.11 Å². The van der Waals surface area contributed by atoms with Gasteiger partial charge in [0.1, 0.15) is 22.1 Å². The Labute approximate surface area is 186 Å². The van der Waals surface area contributed by atoms with E-state index in [1.807, 2.05) is 0 Å². The number of alkyl halides is 3. The number of hydrogen-bond acceptors (Lipinski definition) is 8. The number of amides is 1. The predicted molar refractivity (Wildman–Crippen MR) is 110 cm³/mol. The van der Waals surface area contributed by atoms with E-state index >= 15 is 0 Å². The minimum absolute atomic E-state index is 0.125. The maximum Gasteiger partial charge on any atom is 0.418 e. The third-order valence-corrected chi connectivity index (χ3v) is 7.88. The normalized spacial score (nSPS) is 21.7. The topological polar surface area (TPSA) is 137 Å². The summed E-state index contributed by atoms with van der Waals surface area (Å²) in [7, 11) is -3.18. The maximum absolute atomic E-state index is 14.7. The number of nitrogens with zero attached hydrogens (tertiary/aromatic N) is 3. The van der Waals surface area contributed by atoms with E-state index in [4.69, 9.17) is 10.5 Å². The summed E-state index contributed by atoms with van der Waals surface area (Å²) in [4.78, 5) is 23.4. The Morgan fingerprint density at radius 3 is 2.39 bits per heavy atom. The van der Waals surface area contributed by atoms with Crippen LogP contribution in [0.1, 0.15) is 29.9 Å². The van der Waals surface area contributed by atoms with Crippen LogP contribution in [0.4, 0.5) is 23.2 Å². The molecule has 2 aromatic rings. The first kappa shape index (κ1) is 24.4. The number of benzene rings is 1. The second-order valence-electron chi connectivity index (χ2n) is 7.72. The first-order chi connectivity index (χ1) is 15.1. The molecule has 1 aromatic heterocycles. The number of amidine groups is 1. The van der Waals surface area contributed by atoms with Crippen molar-refractivity contribution in [2.45, 2.75) is 30.3 Å². The van der Waals surface area contributed by atoms with Crippen LogP contribution in [-0.2, 0) is 15.4 Å². The Balaban J connectivity index is 2.10. The number of halogens is 4. The van der Waals surface area contributed by atoms with Crippen LogP contribution in [0.15, 0.2) is 35.6 Å². The van der Waals surface area contributed by atoms with Crippen LogP contribution < -0.4 is 15.8 Å². The predicted octanol–water partition coefficient (Wildman–Crippen LogP) is 2.20. The van der Waals surface area contributed by atoms with Crippen LogP contribution in [0.5, 0.6) is 5.88 Å². The number of carbonyl (C=O) groups is 1. The van der Waals surface area contributed by atoms with Crippen LogP contribution in [0.2, 0.25) is 0 Å². The highest BCUT2D eigenvalue weighted by Gasteiger charge is 2.64. The molecule has 1 aliphatic heterocycles. The highest BCUT2D eigenvalue weighted by atomic mass is 32.2. The van der Waals surface area contributed by atoms with Crippen molar-refractivity contribution in [1.82, 2.24) is 9.97 Å². The number of nitrogens with one attached hydrogen (secondary N) is 1. The number of sulfone groups is 1. The van der Waals surface area contributed by atoms with Gasteiger partial charge in [-0.2, -0.15) is 13.2 Å². The van der Waals surface area contributed by atoms with E-state index < -0.39 is 55.2 Å². The fourth-order valence-electron chi connectivity index (χ4n) is 3.08. The van der Waals surface area contributed by atoms with Crippen molar-refractivity contribution < 1.29 is 35.5 Å². The lowest BCUT2D eigenvalue weighted by atomic mass is 9.89. The molecule has 178 valence electrons. The van der Waals surface area contributed by atoms with Gasteiger partial charge in [0.25, 0.3) is 5.91 Å². The van der Waals surface area contributed by atoms with E-state index in [1.54, 1.807) is 0 Å². The Morgan fingerprint density at radius 1 is 1.21 bits per heavy atom. The van der Waals surface area contributed by atoms with E-state index in [0.29, 0.717) is 12.1 Å². The molecule has 0 bridgehead atoms. The lowest BCUT2D eigenvalue weighted by molar-refractivity contribution is -0.183. The molecular formula is C19H19F4N5O4S. The smallest absolute Gasteiger partial charge is 0.418 e. The van der Waals surface area contributed by atoms with Crippen molar-refractivity contribution in [2.24, 2.45) is 10.7 Å². The third-order valence-electron chi connectivity index (χ3n) is 5.31. The average Bonchev–Trinajstić information content (AvgIpc) is 2.72. The summed E-state index contributed by atoms with van der Waals surface area (Å²) in [5, 5.41) is 2.27. The molecule has 3 rings (SSSR count). The average molecular weight is 489 g/mol. The second-order valence-corrected chi connectivity index (χ2v) is 10.3. The molecule has 0 fully saturated rings. The zero-order chi connectivity index (χ0) is 24.8. The highest BCUT2D eigenvalue weighted by Crippen LogP contribution is 2.49. The van der Waals surface area contributed by atoms with Gasteiger partial charge in [-0.1, -0.05) is 0 Å². The standard InChI is InChI=1S/C19H19F4N5O4S/c1-17(2)16(24)28-18(19(21,22)23,9-33(17,30)31)11-6-10(4-5-12(11)20)27-15(29)13-7-26-14(32-3)8-25-13/h4-8H,9H2,1-3H3,(H2,24,28)(H,27,29)/t18-/m1/s1. The number of hydrogen-bond donors (Lipinski definition) is 2. The lowest BCUT2D eigenvalue weighted by Crippen LogP contribution is -2.60. The van der Waals surface area contributed by atoms with Crippen molar-refractivity contribution in [1.29, 1.82) is 0 Å². The highest BCUT2D eigenvalue weighted by molar-refractivity contribution is 7.93. The van der Waals surface area contributed by atoms with Crippen LogP contribution in [-0.4, -0.2) is 53.9 Å². The Kier molecular flexibility index (Phi) is 5.86. The van der Waals surface area contributed by atoms with Gasteiger partial charge in [0.05, 0.1) is 25.3 Å². The fourth-order valence-corrected chi connectivity index (χ4v) is 4.74. The number of rotatable bonds is 4. The number of methoxy groups -OCH3 is 1. The molecule has 0 unspecified atom stereocenters. The monoisotopic (exact) mass is 489 g/mol. The maximum atomic E-state index is 14.7. The molecular weight excluding hydrogens is 470 g/mol. The number of nitrogens with two attached hydrogens (primary N) is 1. The number of anilines is 1. The van der Waals surface area contributed by atoms with Gasteiger partial charge in [0.15, 0.2) is 15.4 Å².